The van der Waals surface area contributed by atoms with Crippen LogP contribution in [0.5, 0.6) is 5.75 Å². The monoisotopic (exact) mass is 319 g/mol. The molecule has 0 amide bonds. The Morgan fingerprint density at radius 1 is 1.05 bits per heavy atom. The molecule has 3 heteroatoms. The van der Waals surface area contributed by atoms with Crippen LogP contribution < -0.4 is 10.5 Å². The number of benzene rings is 2. The van der Waals surface area contributed by atoms with E-state index in [9.17, 15) is 0 Å². The molecular weight excluding hydrogens is 302 g/mol. The standard InChI is InChI=1S/C16H18BrNO/c17-14-7-4-6-13(12-14)16(18)10-5-11-19-15-8-2-1-3-9-15/h1-4,6-9,12,16H,5,10-11,18H2. The van der Waals surface area contributed by atoms with Crippen molar-refractivity contribution in [2.45, 2.75) is 18.9 Å². The van der Waals surface area contributed by atoms with E-state index >= 15 is 0 Å². The van der Waals surface area contributed by atoms with E-state index in [0.29, 0.717) is 6.61 Å². The third-order valence-electron chi connectivity index (χ3n) is 2.95. The molecule has 2 nitrogen and oxygen atoms in total. The second-order valence-corrected chi connectivity index (χ2v) is 5.38. The summed E-state index contributed by atoms with van der Waals surface area (Å²) in [6.45, 7) is 0.700. The molecule has 0 bridgehead atoms. The molecule has 2 aromatic rings. The Labute approximate surface area is 122 Å². The van der Waals surface area contributed by atoms with Crippen molar-refractivity contribution in [3.05, 3.63) is 64.6 Å². The molecule has 0 saturated heterocycles. The van der Waals surface area contributed by atoms with Crippen molar-refractivity contribution in [1.29, 1.82) is 0 Å². The van der Waals surface area contributed by atoms with Gasteiger partial charge in [-0.15, -0.1) is 0 Å². The second-order valence-electron chi connectivity index (χ2n) is 4.47. The SMILES string of the molecule is NC(CCCOc1ccccc1)c1cccc(Br)c1. The van der Waals surface area contributed by atoms with Gasteiger partial charge in [-0.1, -0.05) is 46.3 Å². The fourth-order valence-corrected chi connectivity index (χ4v) is 2.33. The molecule has 0 aromatic heterocycles. The molecule has 2 rings (SSSR count). The van der Waals surface area contributed by atoms with E-state index in [0.717, 1.165) is 28.6 Å². The van der Waals surface area contributed by atoms with Gasteiger partial charge in [-0.2, -0.15) is 0 Å². The van der Waals surface area contributed by atoms with Crippen LogP contribution in [0.4, 0.5) is 0 Å². The fraction of sp³-hybridized carbons (Fsp3) is 0.250. The fourth-order valence-electron chi connectivity index (χ4n) is 1.91. The van der Waals surface area contributed by atoms with Crippen LogP contribution >= 0.6 is 15.9 Å². The predicted octanol–water partition coefficient (Wildman–Crippen LogP) is 4.31. The van der Waals surface area contributed by atoms with Gasteiger partial charge in [-0.3, -0.25) is 0 Å². The molecule has 0 spiro atoms. The lowest BCUT2D eigenvalue weighted by Gasteiger charge is -2.12. The number of para-hydroxylation sites is 1. The molecule has 2 N–H and O–H groups in total. The Morgan fingerprint density at radius 2 is 1.84 bits per heavy atom. The van der Waals surface area contributed by atoms with Gasteiger partial charge in [0.2, 0.25) is 0 Å². The Kier molecular flexibility index (Phi) is 5.43. The number of hydrogen-bond acceptors (Lipinski definition) is 2. The number of nitrogens with two attached hydrogens (primary N) is 1. The van der Waals surface area contributed by atoms with E-state index < -0.39 is 0 Å². The maximum Gasteiger partial charge on any atom is 0.119 e. The summed E-state index contributed by atoms with van der Waals surface area (Å²) >= 11 is 3.46. The summed E-state index contributed by atoms with van der Waals surface area (Å²) in [5.74, 6) is 0.915. The highest BCUT2D eigenvalue weighted by Gasteiger charge is 2.06. The lowest BCUT2D eigenvalue weighted by atomic mass is 10.0. The van der Waals surface area contributed by atoms with Gasteiger partial charge in [-0.05, 0) is 42.7 Å². The Hall–Kier alpha value is -1.32. The Balaban J connectivity index is 1.74. The average molecular weight is 320 g/mol. The van der Waals surface area contributed by atoms with Crippen LogP contribution in [0, 0.1) is 0 Å². The van der Waals surface area contributed by atoms with Gasteiger partial charge in [0, 0.05) is 10.5 Å². The molecule has 1 atom stereocenters. The number of ether oxygens (including phenoxy) is 1. The van der Waals surface area contributed by atoms with Crippen LogP contribution in [0.1, 0.15) is 24.4 Å². The van der Waals surface area contributed by atoms with Crippen molar-refractivity contribution in [1.82, 2.24) is 0 Å². The summed E-state index contributed by atoms with van der Waals surface area (Å²) in [4.78, 5) is 0. The smallest absolute Gasteiger partial charge is 0.119 e. The van der Waals surface area contributed by atoms with Gasteiger partial charge in [0.25, 0.3) is 0 Å². The minimum absolute atomic E-state index is 0.0665. The topological polar surface area (TPSA) is 35.2 Å². The summed E-state index contributed by atoms with van der Waals surface area (Å²) in [7, 11) is 0. The maximum absolute atomic E-state index is 6.17. The summed E-state index contributed by atoms with van der Waals surface area (Å²) in [5, 5.41) is 0. The van der Waals surface area contributed by atoms with Gasteiger partial charge in [0.1, 0.15) is 5.75 Å². The molecule has 0 saturated carbocycles. The van der Waals surface area contributed by atoms with Gasteiger partial charge < -0.3 is 10.5 Å². The van der Waals surface area contributed by atoms with E-state index in [1.807, 2.05) is 42.5 Å². The summed E-state index contributed by atoms with van der Waals surface area (Å²) < 4.78 is 6.72. The third kappa shape index (κ3) is 4.69. The molecule has 0 fully saturated rings. The van der Waals surface area contributed by atoms with E-state index in [4.69, 9.17) is 10.5 Å². The van der Waals surface area contributed by atoms with Crippen LogP contribution in [0.25, 0.3) is 0 Å². The quantitative estimate of drug-likeness (QED) is 0.805. The summed E-state index contributed by atoms with van der Waals surface area (Å²) in [6.07, 6.45) is 1.87. The molecular formula is C16H18BrNO. The zero-order valence-electron chi connectivity index (χ0n) is 10.8. The van der Waals surface area contributed by atoms with Gasteiger partial charge in [0.05, 0.1) is 6.61 Å². The van der Waals surface area contributed by atoms with Crippen molar-refractivity contribution in [2.24, 2.45) is 5.73 Å². The third-order valence-corrected chi connectivity index (χ3v) is 3.44. The molecule has 100 valence electrons. The minimum Gasteiger partial charge on any atom is -0.494 e. The van der Waals surface area contributed by atoms with E-state index in [1.165, 1.54) is 0 Å². The Bertz CT molecular complexity index is 501. The number of rotatable bonds is 6. The maximum atomic E-state index is 6.17. The molecule has 0 heterocycles. The minimum atomic E-state index is 0.0665. The number of hydrogen-bond donors (Lipinski definition) is 1. The van der Waals surface area contributed by atoms with Crippen molar-refractivity contribution >= 4 is 15.9 Å². The number of halogens is 1. The summed E-state index contributed by atoms with van der Waals surface area (Å²) in [6, 6.07) is 18.1. The highest BCUT2D eigenvalue weighted by atomic mass is 79.9. The molecule has 0 aliphatic carbocycles. The highest BCUT2D eigenvalue weighted by molar-refractivity contribution is 9.10. The predicted molar refractivity (Wildman–Crippen MR) is 82.2 cm³/mol. The highest BCUT2D eigenvalue weighted by Crippen LogP contribution is 2.20. The first-order valence-electron chi connectivity index (χ1n) is 6.44. The molecule has 19 heavy (non-hydrogen) atoms. The zero-order valence-corrected chi connectivity index (χ0v) is 12.3. The molecule has 1 unspecified atom stereocenters. The van der Waals surface area contributed by atoms with Crippen LogP contribution in [-0.2, 0) is 0 Å². The first-order chi connectivity index (χ1) is 9.25. The van der Waals surface area contributed by atoms with Crippen LogP contribution in [-0.4, -0.2) is 6.61 Å². The van der Waals surface area contributed by atoms with E-state index in [1.54, 1.807) is 0 Å². The molecule has 0 radical (unpaired) electrons. The largest absolute Gasteiger partial charge is 0.494 e. The van der Waals surface area contributed by atoms with Crippen LogP contribution in [0.3, 0.4) is 0 Å². The first kappa shape index (κ1) is 14.1. The van der Waals surface area contributed by atoms with Crippen molar-refractivity contribution in [3.63, 3.8) is 0 Å². The zero-order chi connectivity index (χ0) is 13.5. The van der Waals surface area contributed by atoms with Gasteiger partial charge >= 0.3 is 0 Å². The summed E-state index contributed by atoms with van der Waals surface area (Å²) in [5.41, 5.74) is 7.33. The van der Waals surface area contributed by atoms with Crippen LogP contribution in [0.2, 0.25) is 0 Å². The van der Waals surface area contributed by atoms with Gasteiger partial charge in [-0.25, -0.2) is 0 Å². The Morgan fingerprint density at radius 3 is 2.58 bits per heavy atom. The second kappa shape index (κ2) is 7.31. The van der Waals surface area contributed by atoms with Crippen molar-refractivity contribution in [3.8, 4) is 5.75 Å². The normalized spacial score (nSPS) is 12.1. The van der Waals surface area contributed by atoms with Crippen LogP contribution in [0.15, 0.2) is 59.1 Å². The molecule has 0 aliphatic heterocycles. The average Bonchev–Trinajstić information content (AvgIpc) is 2.44. The molecule has 0 aliphatic rings. The lowest BCUT2D eigenvalue weighted by Crippen LogP contribution is -2.11. The van der Waals surface area contributed by atoms with Gasteiger partial charge in [0.15, 0.2) is 0 Å². The molecule has 2 aromatic carbocycles. The lowest BCUT2D eigenvalue weighted by molar-refractivity contribution is 0.302. The van der Waals surface area contributed by atoms with E-state index in [-0.39, 0.29) is 6.04 Å². The first-order valence-corrected chi connectivity index (χ1v) is 7.24. The van der Waals surface area contributed by atoms with E-state index in [2.05, 4.69) is 28.1 Å². The van der Waals surface area contributed by atoms with Crippen molar-refractivity contribution < 1.29 is 4.74 Å². The van der Waals surface area contributed by atoms with Crippen molar-refractivity contribution in [2.75, 3.05) is 6.61 Å².